The zero-order valence-electron chi connectivity index (χ0n) is 8.86. The lowest BCUT2D eigenvalue weighted by Crippen LogP contribution is -2.19. The molecule has 0 saturated heterocycles. The summed E-state index contributed by atoms with van der Waals surface area (Å²) in [6, 6.07) is 0. The van der Waals surface area contributed by atoms with Gasteiger partial charge in [-0.25, -0.2) is 0 Å². The fraction of sp³-hybridized carbons (Fsp3) is 1.00. The SMILES string of the molecule is C1CCC2(CC1)CCCC2.CC. The first-order valence-corrected chi connectivity index (χ1v) is 5.91. The van der Waals surface area contributed by atoms with Crippen LogP contribution >= 0.6 is 0 Å². The Labute approximate surface area is 77.7 Å². The van der Waals surface area contributed by atoms with Crippen molar-refractivity contribution >= 4 is 0 Å². The Balaban J connectivity index is 0.000000336. The van der Waals surface area contributed by atoms with E-state index in [1.165, 1.54) is 32.1 Å². The fourth-order valence-electron chi connectivity index (χ4n) is 2.93. The van der Waals surface area contributed by atoms with Crippen LogP contribution in [-0.2, 0) is 0 Å². The minimum absolute atomic E-state index is 0.873. The van der Waals surface area contributed by atoms with Crippen LogP contribution in [0.5, 0.6) is 0 Å². The molecule has 2 fully saturated rings. The molecular weight excluding hydrogens is 144 g/mol. The molecule has 0 aromatic carbocycles. The standard InChI is InChI=1S/C10H18.C2H6/c1-2-6-10(7-3-1)8-4-5-9-10;1-2/h1-9H2;1-2H3. The first-order chi connectivity index (χ1) is 5.91. The van der Waals surface area contributed by atoms with Gasteiger partial charge in [0.05, 0.1) is 0 Å². The maximum atomic E-state index is 2.00. The van der Waals surface area contributed by atoms with E-state index in [-0.39, 0.29) is 0 Å². The van der Waals surface area contributed by atoms with Gasteiger partial charge in [-0.05, 0) is 31.1 Å². The molecule has 0 N–H and O–H groups in total. The van der Waals surface area contributed by atoms with Crippen LogP contribution in [0, 0.1) is 5.41 Å². The highest BCUT2D eigenvalue weighted by Crippen LogP contribution is 2.48. The summed E-state index contributed by atoms with van der Waals surface area (Å²) >= 11 is 0. The molecule has 0 heteroatoms. The largest absolute Gasteiger partial charge is 0.0683 e. The number of rotatable bonds is 0. The third kappa shape index (κ3) is 2.24. The highest BCUT2D eigenvalue weighted by Gasteiger charge is 2.34. The highest BCUT2D eigenvalue weighted by molar-refractivity contribution is 4.86. The molecule has 2 rings (SSSR count). The zero-order chi connectivity index (χ0) is 8.86. The minimum atomic E-state index is 0.873. The normalized spacial score (nSPS) is 26.5. The van der Waals surface area contributed by atoms with Crippen molar-refractivity contribution in [3.8, 4) is 0 Å². The summed E-state index contributed by atoms with van der Waals surface area (Å²) in [4.78, 5) is 0. The summed E-state index contributed by atoms with van der Waals surface area (Å²) in [6.07, 6.45) is 13.9. The Morgan fingerprint density at radius 3 is 1.33 bits per heavy atom. The Morgan fingerprint density at radius 1 is 0.583 bits per heavy atom. The Morgan fingerprint density at radius 2 is 0.917 bits per heavy atom. The second-order valence-corrected chi connectivity index (χ2v) is 4.27. The molecule has 0 aliphatic heterocycles. The average molecular weight is 168 g/mol. The Hall–Kier alpha value is 0. The third-order valence-corrected chi connectivity index (χ3v) is 3.58. The predicted octanol–water partition coefficient (Wildman–Crippen LogP) is 4.54. The van der Waals surface area contributed by atoms with Crippen molar-refractivity contribution in [2.75, 3.05) is 0 Å². The van der Waals surface area contributed by atoms with E-state index < -0.39 is 0 Å². The summed E-state index contributed by atoms with van der Waals surface area (Å²) in [6.45, 7) is 4.00. The van der Waals surface area contributed by atoms with Crippen molar-refractivity contribution < 1.29 is 0 Å². The molecule has 0 aromatic heterocycles. The molecule has 2 aliphatic carbocycles. The summed E-state index contributed by atoms with van der Waals surface area (Å²) in [5, 5.41) is 0. The van der Waals surface area contributed by atoms with Crippen molar-refractivity contribution in [1.82, 2.24) is 0 Å². The van der Waals surface area contributed by atoms with Crippen molar-refractivity contribution in [2.24, 2.45) is 5.41 Å². The fourth-order valence-corrected chi connectivity index (χ4v) is 2.93. The van der Waals surface area contributed by atoms with Crippen LogP contribution in [0.4, 0.5) is 0 Å². The van der Waals surface area contributed by atoms with E-state index in [0.29, 0.717) is 0 Å². The molecule has 0 radical (unpaired) electrons. The van der Waals surface area contributed by atoms with Crippen LogP contribution in [0.3, 0.4) is 0 Å². The molecule has 72 valence electrons. The first kappa shape index (κ1) is 10.1. The molecular formula is C12H24. The Bertz CT molecular complexity index is 101. The summed E-state index contributed by atoms with van der Waals surface area (Å²) in [7, 11) is 0. The molecule has 0 bridgehead atoms. The highest BCUT2D eigenvalue weighted by atomic mass is 14.4. The second-order valence-electron chi connectivity index (χ2n) is 4.27. The summed E-state index contributed by atoms with van der Waals surface area (Å²) in [5.74, 6) is 0. The lowest BCUT2D eigenvalue weighted by Gasteiger charge is -2.32. The van der Waals surface area contributed by atoms with Gasteiger partial charge in [0, 0.05) is 0 Å². The van der Waals surface area contributed by atoms with Gasteiger partial charge >= 0.3 is 0 Å². The van der Waals surface area contributed by atoms with Crippen LogP contribution in [0.25, 0.3) is 0 Å². The topological polar surface area (TPSA) is 0 Å². The van der Waals surface area contributed by atoms with Crippen molar-refractivity contribution in [1.29, 1.82) is 0 Å². The third-order valence-electron chi connectivity index (χ3n) is 3.58. The molecule has 2 saturated carbocycles. The summed E-state index contributed by atoms with van der Waals surface area (Å²) in [5.41, 5.74) is 0.873. The maximum Gasteiger partial charge on any atom is -0.0297 e. The average Bonchev–Trinajstić information content (AvgIpc) is 2.58. The van der Waals surface area contributed by atoms with Crippen LogP contribution in [-0.4, -0.2) is 0 Å². The van der Waals surface area contributed by atoms with Gasteiger partial charge in [-0.1, -0.05) is 46.0 Å². The number of hydrogen-bond donors (Lipinski definition) is 0. The van der Waals surface area contributed by atoms with Gasteiger partial charge in [0.2, 0.25) is 0 Å². The van der Waals surface area contributed by atoms with Crippen molar-refractivity contribution in [2.45, 2.75) is 71.6 Å². The van der Waals surface area contributed by atoms with Gasteiger partial charge < -0.3 is 0 Å². The van der Waals surface area contributed by atoms with E-state index in [2.05, 4.69) is 0 Å². The molecule has 2 aliphatic rings. The van der Waals surface area contributed by atoms with Gasteiger partial charge in [-0.15, -0.1) is 0 Å². The van der Waals surface area contributed by atoms with Gasteiger partial charge in [-0.2, -0.15) is 0 Å². The molecule has 0 heterocycles. The molecule has 0 unspecified atom stereocenters. The van der Waals surface area contributed by atoms with E-state index in [1.54, 1.807) is 25.7 Å². The monoisotopic (exact) mass is 168 g/mol. The molecule has 1 spiro atoms. The molecule has 0 atom stereocenters. The van der Waals surface area contributed by atoms with Crippen LogP contribution in [0.2, 0.25) is 0 Å². The number of hydrogen-bond acceptors (Lipinski definition) is 0. The first-order valence-electron chi connectivity index (χ1n) is 5.91. The molecule has 12 heavy (non-hydrogen) atoms. The summed E-state index contributed by atoms with van der Waals surface area (Å²) < 4.78 is 0. The van der Waals surface area contributed by atoms with Crippen LogP contribution in [0.1, 0.15) is 71.6 Å². The molecule has 0 nitrogen and oxygen atoms in total. The van der Waals surface area contributed by atoms with Gasteiger partial charge in [0.25, 0.3) is 0 Å². The van der Waals surface area contributed by atoms with Crippen molar-refractivity contribution in [3.05, 3.63) is 0 Å². The van der Waals surface area contributed by atoms with E-state index >= 15 is 0 Å². The predicted molar refractivity (Wildman–Crippen MR) is 55.3 cm³/mol. The lowest BCUT2D eigenvalue weighted by molar-refractivity contribution is 0.197. The van der Waals surface area contributed by atoms with Crippen LogP contribution in [0.15, 0.2) is 0 Å². The van der Waals surface area contributed by atoms with Gasteiger partial charge in [-0.3, -0.25) is 0 Å². The minimum Gasteiger partial charge on any atom is -0.0683 e. The quantitative estimate of drug-likeness (QED) is 0.498. The lowest BCUT2D eigenvalue weighted by atomic mass is 9.73. The van der Waals surface area contributed by atoms with E-state index in [9.17, 15) is 0 Å². The second kappa shape index (κ2) is 4.89. The zero-order valence-corrected chi connectivity index (χ0v) is 8.86. The Kier molecular flexibility index (Phi) is 4.11. The van der Waals surface area contributed by atoms with Gasteiger partial charge in [0.1, 0.15) is 0 Å². The molecule has 0 aromatic rings. The maximum absolute atomic E-state index is 2.00. The van der Waals surface area contributed by atoms with Crippen LogP contribution < -0.4 is 0 Å². The van der Waals surface area contributed by atoms with E-state index in [0.717, 1.165) is 5.41 Å². The van der Waals surface area contributed by atoms with Crippen molar-refractivity contribution in [3.63, 3.8) is 0 Å². The molecule has 0 amide bonds. The van der Waals surface area contributed by atoms with E-state index in [4.69, 9.17) is 0 Å². The van der Waals surface area contributed by atoms with E-state index in [1.807, 2.05) is 13.8 Å². The van der Waals surface area contributed by atoms with Gasteiger partial charge in [0.15, 0.2) is 0 Å². The smallest absolute Gasteiger partial charge is 0.0297 e.